The van der Waals surface area contributed by atoms with Gasteiger partial charge in [-0.05, 0) is 0 Å². The summed E-state index contributed by atoms with van der Waals surface area (Å²) in [6, 6.07) is 10.3. The first-order valence-corrected chi connectivity index (χ1v) is 8.81. The predicted octanol–water partition coefficient (Wildman–Crippen LogP) is 3.13. The number of rotatable bonds is 2. The average Bonchev–Trinajstić information content (AvgIpc) is 2.88. The maximum atomic E-state index is 11.3. The molecule has 1 spiro atoms. The van der Waals surface area contributed by atoms with Crippen molar-refractivity contribution < 1.29 is 4.79 Å². The minimum atomic E-state index is -0.252. The molecule has 2 heterocycles. The van der Waals surface area contributed by atoms with Crippen LogP contribution in [0.2, 0.25) is 0 Å². The van der Waals surface area contributed by atoms with E-state index in [0.717, 1.165) is 28.6 Å². The van der Waals surface area contributed by atoms with Gasteiger partial charge in [0.15, 0.2) is 4.20 Å². The van der Waals surface area contributed by atoms with Crippen LogP contribution in [-0.2, 0) is 4.79 Å². The zero-order chi connectivity index (χ0) is 12.4. The SMILES string of the molecule is O=CC1CSC(c2ccccc2)=NC12SCCS2. The molecule has 5 heteroatoms. The number of carbonyl (C=O) groups is 1. The molecular weight excluding hydrogens is 282 g/mol. The Kier molecular flexibility index (Phi) is 3.73. The summed E-state index contributed by atoms with van der Waals surface area (Å²) < 4.78 is -0.252. The van der Waals surface area contributed by atoms with Crippen LogP contribution in [0.25, 0.3) is 0 Å². The summed E-state index contributed by atoms with van der Waals surface area (Å²) in [5.74, 6) is 3.06. The number of thioether (sulfide) groups is 3. The quantitative estimate of drug-likeness (QED) is 0.784. The fourth-order valence-corrected chi connectivity index (χ4v) is 6.68. The molecule has 1 aromatic carbocycles. The average molecular weight is 295 g/mol. The van der Waals surface area contributed by atoms with E-state index >= 15 is 0 Å². The molecule has 0 amide bonds. The Morgan fingerprint density at radius 1 is 1.22 bits per heavy atom. The number of hydrogen-bond donors (Lipinski definition) is 0. The van der Waals surface area contributed by atoms with Gasteiger partial charge < -0.3 is 4.79 Å². The number of nitrogens with zero attached hydrogens (tertiary/aromatic N) is 1. The van der Waals surface area contributed by atoms with E-state index in [1.807, 2.05) is 41.7 Å². The first-order chi connectivity index (χ1) is 8.84. The van der Waals surface area contributed by atoms with Crippen molar-refractivity contribution in [2.24, 2.45) is 10.9 Å². The van der Waals surface area contributed by atoms with Crippen molar-refractivity contribution in [1.82, 2.24) is 0 Å². The van der Waals surface area contributed by atoms with Crippen molar-refractivity contribution in [3.63, 3.8) is 0 Å². The molecule has 3 rings (SSSR count). The highest BCUT2D eigenvalue weighted by Gasteiger charge is 2.45. The van der Waals surface area contributed by atoms with Crippen LogP contribution in [0.1, 0.15) is 5.56 Å². The van der Waals surface area contributed by atoms with Gasteiger partial charge in [0.1, 0.15) is 11.3 Å². The van der Waals surface area contributed by atoms with E-state index in [-0.39, 0.29) is 10.1 Å². The van der Waals surface area contributed by atoms with E-state index in [0.29, 0.717) is 0 Å². The molecule has 1 saturated heterocycles. The second kappa shape index (κ2) is 5.31. The molecule has 0 aromatic heterocycles. The highest BCUT2D eigenvalue weighted by atomic mass is 32.2. The molecule has 2 aliphatic heterocycles. The van der Waals surface area contributed by atoms with Crippen molar-refractivity contribution in [3.8, 4) is 0 Å². The van der Waals surface area contributed by atoms with Crippen LogP contribution in [0.4, 0.5) is 0 Å². The van der Waals surface area contributed by atoms with Crippen LogP contribution < -0.4 is 0 Å². The third-order valence-electron chi connectivity index (χ3n) is 3.01. The van der Waals surface area contributed by atoms with Crippen LogP contribution in [0.15, 0.2) is 35.3 Å². The maximum absolute atomic E-state index is 11.3. The largest absolute Gasteiger partial charge is 0.303 e. The molecule has 1 aromatic rings. The monoisotopic (exact) mass is 295 g/mol. The van der Waals surface area contributed by atoms with Gasteiger partial charge in [0.25, 0.3) is 0 Å². The van der Waals surface area contributed by atoms with Gasteiger partial charge in [-0.1, -0.05) is 30.3 Å². The summed E-state index contributed by atoms with van der Waals surface area (Å²) in [6.07, 6.45) is 1.09. The highest BCUT2D eigenvalue weighted by molar-refractivity contribution is 8.22. The Hall–Kier alpha value is -0.390. The van der Waals surface area contributed by atoms with Gasteiger partial charge >= 0.3 is 0 Å². The van der Waals surface area contributed by atoms with Gasteiger partial charge in [0.2, 0.25) is 0 Å². The maximum Gasteiger partial charge on any atom is 0.163 e. The Morgan fingerprint density at radius 2 is 1.94 bits per heavy atom. The highest BCUT2D eigenvalue weighted by Crippen LogP contribution is 2.53. The summed E-state index contributed by atoms with van der Waals surface area (Å²) in [4.78, 5) is 16.2. The lowest BCUT2D eigenvalue weighted by atomic mass is 10.2. The Balaban J connectivity index is 1.98. The van der Waals surface area contributed by atoms with Gasteiger partial charge in [-0.15, -0.1) is 35.3 Å². The first-order valence-electron chi connectivity index (χ1n) is 5.85. The van der Waals surface area contributed by atoms with Gasteiger partial charge in [-0.25, -0.2) is 4.99 Å². The summed E-state index contributed by atoms with van der Waals surface area (Å²) in [5, 5.41) is 1.08. The lowest BCUT2D eigenvalue weighted by Crippen LogP contribution is -2.35. The molecule has 0 aliphatic carbocycles. The van der Waals surface area contributed by atoms with Crippen molar-refractivity contribution >= 4 is 46.6 Å². The molecule has 0 N–H and O–H groups in total. The minimum absolute atomic E-state index is 0.0347. The lowest BCUT2D eigenvalue weighted by molar-refractivity contribution is -0.110. The minimum Gasteiger partial charge on any atom is -0.303 e. The molecule has 1 unspecified atom stereocenters. The molecular formula is C13H13NOS3. The molecule has 1 fully saturated rings. The number of carbonyl (C=O) groups excluding carboxylic acids is 1. The van der Waals surface area contributed by atoms with Gasteiger partial charge in [0.05, 0.1) is 5.92 Å². The zero-order valence-corrected chi connectivity index (χ0v) is 12.2. The number of hydrogen-bond acceptors (Lipinski definition) is 5. The smallest absolute Gasteiger partial charge is 0.163 e. The Morgan fingerprint density at radius 3 is 2.61 bits per heavy atom. The molecule has 0 bridgehead atoms. The Labute approximate surface area is 119 Å². The lowest BCUT2D eigenvalue weighted by Gasteiger charge is -2.33. The molecule has 2 aliphatic rings. The Bertz CT molecular complexity index is 468. The van der Waals surface area contributed by atoms with Crippen LogP contribution in [-0.4, -0.2) is 32.8 Å². The number of aldehydes is 1. The van der Waals surface area contributed by atoms with E-state index < -0.39 is 0 Å². The van der Waals surface area contributed by atoms with Crippen molar-refractivity contribution in [1.29, 1.82) is 0 Å². The van der Waals surface area contributed by atoms with Gasteiger partial charge in [0, 0.05) is 22.8 Å². The fraction of sp³-hybridized carbons (Fsp3) is 0.385. The van der Waals surface area contributed by atoms with Crippen LogP contribution in [0, 0.1) is 5.92 Å². The van der Waals surface area contributed by atoms with Crippen LogP contribution in [0.5, 0.6) is 0 Å². The number of aliphatic imine (C=N–C) groups is 1. The van der Waals surface area contributed by atoms with E-state index in [9.17, 15) is 4.79 Å². The van der Waals surface area contributed by atoms with E-state index in [2.05, 4.69) is 12.1 Å². The zero-order valence-electron chi connectivity index (χ0n) is 9.74. The molecule has 0 radical (unpaired) electrons. The van der Waals surface area contributed by atoms with E-state index in [1.165, 1.54) is 5.56 Å². The van der Waals surface area contributed by atoms with Crippen LogP contribution in [0.3, 0.4) is 0 Å². The van der Waals surface area contributed by atoms with Gasteiger partial charge in [-0.2, -0.15) is 0 Å². The van der Waals surface area contributed by atoms with E-state index in [4.69, 9.17) is 4.99 Å². The van der Waals surface area contributed by atoms with Crippen molar-refractivity contribution in [2.75, 3.05) is 17.3 Å². The summed E-state index contributed by atoms with van der Waals surface area (Å²) >= 11 is 5.36. The summed E-state index contributed by atoms with van der Waals surface area (Å²) in [5.41, 5.74) is 1.17. The summed E-state index contributed by atoms with van der Waals surface area (Å²) in [7, 11) is 0. The number of benzene rings is 1. The second-order valence-corrected chi connectivity index (χ2v) is 8.07. The topological polar surface area (TPSA) is 29.4 Å². The molecule has 2 nitrogen and oxygen atoms in total. The third-order valence-corrected chi connectivity index (χ3v) is 7.54. The molecule has 1 atom stereocenters. The first kappa shape index (κ1) is 12.6. The van der Waals surface area contributed by atoms with Crippen LogP contribution >= 0.6 is 35.3 Å². The standard InChI is InChI=1S/C13H13NOS3/c15-8-11-9-16-12(10-4-2-1-3-5-10)14-13(11)17-6-7-18-13/h1-5,8,11H,6-7,9H2. The van der Waals surface area contributed by atoms with Crippen molar-refractivity contribution in [2.45, 2.75) is 4.20 Å². The molecule has 0 saturated carbocycles. The predicted molar refractivity (Wildman–Crippen MR) is 82.6 cm³/mol. The second-order valence-electron chi connectivity index (χ2n) is 4.16. The summed E-state index contributed by atoms with van der Waals surface area (Å²) in [6.45, 7) is 0. The fourth-order valence-electron chi connectivity index (χ4n) is 2.08. The normalized spacial score (nSPS) is 26.0. The van der Waals surface area contributed by atoms with Crippen molar-refractivity contribution in [3.05, 3.63) is 35.9 Å². The molecule has 94 valence electrons. The van der Waals surface area contributed by atoms with E-state index in [1.54, 1.807) is 11.8 Å². The van der Waals surface area contributed by atoms with Gasteiger partial charge in [-0.3, -0.25) is 0 Å². The third kappa shape index (κ3) is 2.24. The molecule has 18 heavy (non-hydrogen) atoms.